The van der Waals surface area contributed by atoms with Crippen LogP contribution >= 0.6 is 0 Å². The number of hydrogen-bond donors (Lipinski definition) is 2. The Hall–Kier alpha value is -0.795. The van der Waals surface area contributed by atoms with Crippen LogP contribution in [0.4, 0.5) is 0 Å². The van der Waals surface area contributed by atoms with Crippen molar-refractivity contribution in [1.82, 2.24) is 0 Å². The van der Waals surface area contributed by atoms with Crippen LogP contribution < -0.4 is 5.46 Å². The summed E-state index contributed by atoms with van der Waals surface area (Å²) < 4.78 is 0. The summed E-state index contributed by atoms with van der Waals surface area (Å²) in [5.41, 5.74) is 2.60. The first-order chi connectivity index (χ1) is 7.82. The van der Waals surface area contributed by atoms with Crippen molar-refractivity contribution in [3.05, 3.63) is 29.8 Å². The summed E-state index contributed by atoms with van der Waals surface area (Å²) in [6.07, 6.45) is 3.71. The van der Waals surface area contributed by atoms with Crippen molar-refractivity contribution < 1.29 is 10.0 Å². The molecule has 1 aromatic rings. The maximum absolute atomic E-state index is 9.08. The first kappa shape index (κ1) is 12.7. The lowest BCUT2D eigenvalue weighted by Gasteiger charge is -2.26. The second kappa shape index (κ2) is 4.15. The van der Waals surface area contributed by atoms with E-state index in [0.29, 0.717) is 16.3 Å². The molecular weight excluding hydrogens is 211 g/mol. The summed E-state index contributed by atoms with van der Waals surface area (Å²) in [4.78, 5) is 0. The summed E-state index contributed by atoms with van der Waals surface area (Å²) in [7, 11) is -1.36. The summed E-state index contributed by atoms with van der Waals surface area (Å²) in [5.74, 6) is 0. The van der Waals surface area contributed by atoms with Crippen LogP contribution in [0.1, 0.15) is 45.6 Å². The average Bonchev–Trinajstić information content (AvgIpc) is 2.96. The van der Waals surface area contributed by atoms with Gasteiger partial charge in [0, 0.05) is 0 Å². The lowest BCUT2D eigenvalue weighted by Crippen LogP contribution is -2.30. The Kier molecular flexibility index (Phi) is 3.09. The van der Waals surface area contributed by atoms with Crippen molar-refractivity contribution in [3.8, 4) is 0 Å². The zero-order valence-corrected chi connectivity index (χ0v) is 10.9. The number of rotatable bonds is 3. The molecule has 0 saturated heterocycles. The van der Waals surface area contributed by atoms with Gasteiger partial charge in [-0.2, -0.15) is 0 Å². The molecule has 0 bridgehead atoms. The van der Waals surface area contributed by atoms with Gasteiger partial charge in [0.2, 0.25) is 0 Å². The quantitative estimate of drug-likeness (QED) is 0.780. The van der Waals surface area contributed by atoms with Crippen molar-refractivity contribution in [3.63, 3.8) is 0 Å². The highest BCUT2D eigenvalue weighted by atomic mass is 16.4. The van der Waals surface area contributed by atoms with E-state index in [2.05, 4.69) is 20.8 Å². The highest BCUT2D eigenvalue weighted by Crippen LogP contribution is 2.54. The van der Waals surface area contributed by atoms with Crippen molar-refractivity contribution in [2.45, 2.75) is 45.4 Å². The van der Waals surface area contributed by atoms with Crippen LogP contribution in [-0.4, -0.2) is 17.2 Å². The second-order valence-corrected chi connectivity index (χ2v) is 6.51. The van der Waals surface area contributed by atoms with Gasteiger partial charge < -0.3 is 10.0 Å². The molecule has 0 aliphatic heterocycles. The molecule has 0 radical (unpaired) electrons. The molecule has 1 aliphatic rings. The summed E-state index contributed by atoms with van der Waals surface area (Å²) >= 11 is 0. The fourth-order valence-electron chi connectivity index (χ4n) is 2.74. The van der Waals surface area contributed by atoms with Crippen LogP contribution in [0.15, 0.2) is 24.3 Å². The van der Waals surface area contributed by atoms with Gasteiger partial charge in [-0.05, 0) is 41.1 Å². The topological polar surface area (TPSA) is 40.5 Å². The predicted molar refractivity (Wildman–Crippen MR) is 71.3 cm³/mol. The zero-order valence-electron chi connectivity index (χ0n) is 10.9. The summed E-state index contributed by atoms with van der Waals surface area (Å²) in [6, 6.07) is 7.74. The molecule has 0 heterocycles. The van der Waals surface area contributed by atoms with Crippen molar-refractivity contribution in [2.75, 3.05) is 0 Å². The Morgan fingerprint density at radius 1 is 1.12 bits per heavy atom. The van der Waals surface area contributed by atoms with E-state index < -0.39 is 7.12 Å². The van der Waals surface area contributed by atoms with E-state index in [-0.39, 0.29) is 0 Å². The number of hydrogen-bond acceptors (Lipinski definition) is 2. The maximum atomic E-state index is 9.08. The molecule has 92 valence electrons. The van der Waals surface area contributed by atoms with Gasteiger partial charge >= 0.3 is 7.12 Å². The Morgan fingerprint density at radius 2 is 1.65 bits per heavy atom. The molecule has 0 atom stereocenters. The van der Waals surface area contributed by atoms with Gasteiger partial charge in [0.25, 0.3) is 0 Å². The monoisotopic (exact) mass is 232 g/mol. The van der Waals surface area contributed by atoms with Crippen LogP contribution in [-0.2, 0) is 5.41 Å². The second-order valence-electron chi connectivity index (χ2n) is 6.51. The normalized spacial score (nSPS) is 17.9. The molecule has 17 heavy (non-hydrogen) atoms. The largest absolute Gasteiger partial charge is 0.488 e. The Balaban J connectivity index is 2.17. The van der Waals surface area contributed by atoms with Gasteiger partial charge in [0.05, 0.1) is 0 Å². The lowest BCUT2D eigenvalue weighted by molar-refractivity contribution is 0.329. The Morgan fingerprint density at radius 3 is 2.00 bits per heavy atom. The molecule has 2 N–H and O–H groups in total. The standard InChI is InChI=1S/C14H21BO2/c1-13(2,3)10-14(8-9-14)11-4-6-12(7-5-11)15(16)17/h4-7,16-17H,8-10H2,1-3H3. The van der Waals surface area contributed by atoms with Crippen LogP contribution in [0.3, 0.4) is 0 Å². The summed E-state index contributed by atoms with van der Waals surface area (Å²) in [5, 5.41) is 18.2. The molecule has 0 aromatic heterocycles. The van der Waals surface area contributed by atoms with E-state index >= 15 is 0 Å². The van der Waals surface area contributed by atoms with Crippen LogP contribution in [0.5, 0.6) is 0 Å². The molecule has 1 aliphatic carbocycles. The van der Waals surface area contributed by atoms with E-state index in [1.165, 1.54) is 24.8 Å². The summed E-state index contributed by atoms with van der Waals surface area (Å²) in [6.45, 7) is 6.83. The van der Waals surface area contributed by atoms with E-state index in [0.717, 1.165) is 0 Å². The van der Waals surface area contributed by atoms with E-state index in [1.54, 1.807) is 0 Å². The van der Waals surface area contributed by atoms with E-state index in [9.17, 15) is 0 Å². The minimum atomic E-state index is -1.36. The van der Waals surface area contributed by atoms with Gasteiger partial charge in [-0.3, -0.25) is 0 Å². The van der Waals surface area contributed by atoms with Gasteiger partial charge in [-0.25, -0.2) is 0 Å². The zero-order chi connectivity index (χ0) is 12.7. The number of benzene rings is 1. The molecular formula is C14H21BO2. The average molecular weight is 232 g/mol. The molecule has 0 amide bonds. The van der Waals surface area contributed by atoms with Crippen LogP contribution in [0.25, 0.3) is 0 Å². The molecule has 1 saturated carbocycles. The fraction of sp³-hybridized carbons (Fsp3) is 0.571. The predicted octanol–water partition coefficient (Wildman–Crippen LogP) is 1.83. The molecule has 2 nitrogen and oxygen atoms in total. The van der Waals surface area contributed by atoms with Crippen LogP contribution in [0.2, 0.25) is 0 Å². The third-order valence-corrected chi connectivity index (χ3v) is 3.54. The highest BCUT2D eigenvalue weighted by molar-refractivity contribution is 6.58. The van der Waals surface area contributed by atoms with E-state index in [1.807, 2.05) is 24.3 Å². The molecule has 0 spiro atoms. The van der Waals surface area contributed by atoms with Gasteiger partial charge in [0.1, 0.15) is 0 Å². The molecule has 1 aromatic carbocycles. The third-order valence-electron chi connectivity index (χ3n) is 3.54. The molecule has 1 fully saturated rings. The van der Waals surface area contributed by atoms with Gasteiger partial charge in [-0.1, -0.05) is 45.0 Å². The molecule has 0 unspecified atom stereocenters. The molecule has 3 heteroatoms. The van der Waals surface area contributed by atoms with Gasteiger partial charge in [-0.15, -0.1) is 0 Å². The minimum absolute atomic E-state index is 0.339. The first-order valence-electron chi connectivity index (χ1n) is 6.29. The molecule has 2 rings (SSSR count). The first-order valence-corrected chi connectivity index (χ1v) is 6.29. The highest BCUT2D eigenvalue weighted by Gasteiger charge is 2.46. The van der Waals surface area contributed by atoms with Crippen molar-refractivity contribution in [2.24, 2.45) is 5.41 Å². The van der Waals surface area contributed by atoms with Crippen molar-refractivity contribution in [1.29, 1.82) is 0 Å². The van der Waals surface area contributed by atoms with Crippen molar-refractivity contribution >= 4 is 12.6 Å². The SMILES string of the molecule is CC(C)(C)CC1(c2ccc(B(O)O)cc2)CC1. The van der Waals surface area contributed by atoms with Crippen LogP contribution in [0, 0.1) is 5.41 Å². The third kappa shape index (κ3) is 2.91. The van der Waals surface area contributed by atoms with Gasteiger partial charge in [0.15, 0.2) is 0 Å². The fourth-order valence-corrected chi connectivity index (χ4v) is 2.74. The smallest absolute Gasteiger partial charge is 0.423 e. The lowest BCUT2D eigenvalue weighted by atomic mass is 9.76. The minimum Gasteiger partial charge on any atom is -0.423 e. The maximum Gasteiger partial charge on any atom is 0.488 e. The Labute approximate surface area is 104 Å². The Bertz CT molecular complexity index is 386. The van der Waals surface area contributed by atoms with E-state index in [4.69, 9.17) is 10.0 Å².